The molecule has 3 rings (SSSR count). The van der Waals surface area contributed by atoms with Crippen molar-refractivity contribution in [1.82, 2.24) is 10.3 Å². The minimum atomic E-state index is -3.72. The maximum absolute atomic E-state index is 12.5. The molecular formula is C20H19N3O4S. The average Bonchev–Trinajstić information content (AvgIpc) is 2.69. The number of aromatic nitrogens is 1. The van der Waals surface area contributed by atoms with Gasteiger partial charge in [-0.1, -0.05) is 24.3 Å². The van der Waals surface area contributed by atoms with Crippen molar-refractivity contribution in [3.05, 3.63) is 78.5 Å². The van der Waals surface area contributed by atoms with Gasteiger partial charge in [0.1, 0.15) is 11.3 Å². The van der Waals surface area contributed by atoms with Gasteiger partial charge in [0.25, 0.3) is 15.9 Å². The number of nitrogens with zero attached hydrogens (tertiary/aromatic N) is 1. The molecule has 1 heterocycles. The van der Waals surface area contributed by atoms with Gasteiger partial charge in [0.15, 0.2) is 0 Å². The maximum atomic E-state index is 12.5. The Morgan fingerprint density at radius 1 is 1.04 bits per heavy atom. The molecule has 144 valence electrons. The molecule has 0 aliphatic rings. The highest BCUT2D eigenvalue weighted by molar-refractivity contribution is 7.92. The van der Waals surface area contributed by atoms with Gasteiger partial charge >= 0.3 is 0 Å². The molecule has 0 spiro atoms. The third-order valence-electron chi connectivity index (χ3n) is 3.71. The molecule has 2 N–H and O–H groups in total. The first-order valence-electron chi connectivity index (χ1n) is 8.58. The molecule has 0 bridgehead atoms. The first-order valence-corrected chi connectivity index (χ1v) is 10.1. The lowest BCUT2D eigenvalue weighted by atomic mass is 10.2. The molecule has 0 radical (unpaired) electrons. The lowest BCUT2D eigenvalue weighted by Crippen LogP contribution is -2.23. The van der Waals surface area contributed by atoms with Crippen LogP contribution in [-0.2, 0) is 10.0 Å². The molecule has 3 aromatic rings. The first kappa shape index (κ1) is 19.4. The minimum Gasteiger partial charge on any atom is -0.438 e. The zero-order chi connectivity index (χ0) is 20.0. The van der Waals surface area contributed by atoms with Crippen LogP contribution >= 0.6 is 0 Å². The first-order chi connectivity index (χ1) is 13.5. The van der Waals surface area contributed by atoms with Crippen molar-refractivity contribution in [2.75, 3.05) is 11.3 Å². The summed E-state index contributed by atoms with van der Waals surface area (Å²) in [5.41, 5.74) is 0.622. The van der Waals surface area contributed by atoms with Crippen LogP contribution in [-0.4, -0.2) is 25.9 Å². The van der Waals surface area contributed by atoms with Gasteiger partial charge in [-0.05, 0) is 43.3 Å². The summed E-state index contributed by atoms with van der Waals surface area (Å²) >= 11 is 0. The molecule has 1 aromatic heterocycles. The summed E-state index contributed by atoms with van der Waals surface area (Å²) in [6, 6.07) is 17.7. The number of hydrogen-bond donors (Lipinski definition) is 2. The van der Waals surface area contributed by atoms with E-state index in [9.17, 15) is 13.2 Å². The van der Waals surface area contributed by atoms with Crippen LogP contribution in [0.5, 0.6) is 11.6 Å². The molecule has 1 amide bonds. The second kappa shape index (κ2) is 8.53. The molecule has 2 aromatic carbocycles. The summed E-state index contributed by atoms with van der Waals surface area (Å²) in [5.74, 6) is 0.181. The van der Waals surface area contributed by atoms with Gasteiger partial charge in [-0.3, -0.25) is 9.52 Å². The van der Waals surface area contributed by atoms with Crippen molar-refractivity contribution in [2.24, 2.45) is 0 Å². The summed E-state index contributed by atoms with van der Waals surface area (Å²) in [6.07, 6.45) is 1.51. The van der Waals surface area contributed by atoms with Crippen LogP contribution in [0, 0.1) is 0 Å². The lowest BCUT2D eigenvalue weighted by molar-refractivity contribution is 0.0953. The van der Waals surface area contributed by atoms with Crippen LogP contribution in [0.1, 0.15) is 17.3 Å². The number of nitrogens with one attached hydrogen (secondary N) is 2. The molecule has 7 nitrogen and oxygen atoms in total. The Morgan fingerprint density at radius 2 is 1.82 bits per heavy atom. The number of pyridine rings is 1. The predicted molar refractivity (Wildman–Crippen MR) is 106 cm³/mol. The fraction of sp³-hybridized carbons (Fsp3) is 0.100. The molecule has 0 atom stereocenters. The monoisotopic (exact) mass is 397 g/mol. The summed E-state index contributed by atoms with van der Waals surface area (Å²) in [6.45, 7) is 2.29. The Bertz CT molecular complexity index is 1070. The van der Waals surface area contributed by atoms with E-state index in [1.165, 1.54) is 24.4 Å². The molecule has 0 aliphatic heterocycles. The zero-order valence-corrected chi connectivity index (χ0v) is 15.9. The number of ether oxygens (including phenoxy) is 1. The van der Waals surface area contributed by atoms with E-state index in [1.807, 2.05) is 6.92 Å². The number of sulfonamides is 1. The topological polar surface area (TPSA) is 97.4 Å². The highest BCUT2D eigenvalue weighted by Crippen LogP contribution is 2.26. The van der Waals surface area contributed by atoms with Gasteiger partial charge in [0.05, 0.1) is 10.6 Å². The molecule has 8 heteroatoms. The van der Waals surface area contributed by atoms with E-state index in [0.717, 1.165) is 0 Å². The molecule has 0 saturated carbocycles. The number of amides is 1. The van der Waals surface area contributed by atoms with Crippen LogP contribution in [0.25, 0.3) is 0 Å². The van der Waals surface area contributed by atoms with Gasteiger partial charge in [0, 0.05) is 18.8 Å². The normalized spacial score (nSPS) is 10.9. The summed E-state index contributed by atoms with van der Waals surface area (Å²) in [5, 5.41) is 2.70. The van der Waals surface area contributed by atoms with E-state index < -0.39 is 10.0 Å². The van der Waals surface area contributed by atoms with Gasteiger partial charge in [0.2, 0.25) is 5.88 Å². The number of carbonyl (C=O) groups is 1. The smallest absolute Gasteiger partial charge is 0.261 e. The average molecular weight is 397 g/mol. The van der Waals surface area contributed by atoms with Gasteiger partial charge < -0.3 is 10.1 Å². The van der Waals surface area contributed by atoms with E-state index >= 15 is 0 Å². The van der Waals surface area contributed by atoms with Crippen LogP contribution in [0.3, 0.4) is 0 Å². The molecule has 0 saturated heterocycles. The molecule has 0 aliphatic carbocycles. The second-order valence-electron chi connectivity index (χ2n) is 5.76. The third-order valence-corrected chi connectivity index (χ3v) is 5.10. The van der Waals surface area contributed by atoms with Gasteiger partial charge in [-0.2, -0.15) is 0 Å². The van der Waals surface area contributed by atoms with Crippen molar-refractivity contribution < 1.29 is 17.9 Å². The summed E-state index contributed by atoms with van der Waals surface area (Å²) < 4.78 is 33.2. The Balaban J connectivity index is 1.83. The van der Waals surface area contributed by atoms with Crippen molar-refractivity contribution in [1.29, 1.82) is 0 Å². The number of rotatable bonds is 7. The van der Waals surface area contributed by atoms with Crippen LogP contribution in [0.15, 0.2) is 77.8 Å². The molecule has 0 fully saturated rings. The number of benzene rings is 2. The largest absolute Gasteiger partial charge is 0.438 e. The Kier molecular flexibility index (Phi) is 5.90. The SMILES string of the molecule is CCNC(=O)c1cccnc1Oc1cccc(NS(=O)(=O)c2ccccc2)c1. The number of carbonyl (C=O) groups excluding carboxylic acids is 1. The van der Waals surface area contributed by atoms with Crippen molar-refractivity contribution in [3.8, 4) is 11.6 Å². The highest BCUT2D eigenvalue weighted by Gasteiger charge is 2.16. The number of anilines is 1. The lowest BCUT2D eigenvalue weighted by Gasteiger charge is -2.12. The van der Waals surface area contributed by atoms with Crippen molar-refractivity contribution in [2.45, 2.75) is 11.8 Å². The molecular weight excluding hydrogens is 378 g/mol. The Labute approximate surface area is 163 Å². The quantitative estimate of drug-likeness (QED) is 0.637. The third kappa shape index (κ3) is 4.66. The molecule has 28 heavy (non-hydrogen) atoms. The van der Waals surface area contributed by atoms with Gasteiger partial charge in [-0.15, -0.1) is 0 Å². The van der Waals surface area contributed by atoms with E-state index in [4.69, 9.17) is 4.74 Å². The fourth-order valence-corrected chi connectivity index (χ4v) is 3.52. The Hall–Kier alpha value is -3.39. The number of hydrogen-bond acceptors (Lipinski definition) is 5. The Morgan fingerprint density at radius 3 is 2.57 bits per heavy atom. The van der Waals surface area contributed by atoms with E-state index in [0.29, 0.717) is 23.5 Å². The van der Waals surface area contributed by atoms with Crippen LogP contribution in [0.2, 0.25) is 0 Å². The summed E-state index contributed by atoms with van der Waals surface area (Å²) in [7, 11) is -3.72. The van der Waals surface area contributed by atoms with Crippen LogP contribution in [0.4, 0.5) is 5.69 Å². The predicted octanol–water partition coefficient (Wildman–Crippen LogP) is 3.42. The second-order valence-corrected chi connectivity index (χ2v) is 7.45. The fourth-order valence-electron chi connectivity index (χ4n) is 2.45. The van der Waals surface area contributed by atoms with Gasteiger partial charge in [-0.25, -0.2) is 13.4 Å². The highest BCUT2D eigenvalue weighted by atomic mass is 32.2. The minimum absolute atomic E-state index is 0.136. The maximum Gasteiger partial charge on any atom is 0.261 e. The van der Waals surface area contributed by atoms with E-state index in [1.54, 1.807) is 48.5 Å². The summed E-state index contributed by atoms with van der Waals surface area (Å²) in [4.78, 5) is 16.4. The van der Waals surface area contributed by atoms with Crippen molar-refractivity contribution in [3.63, 3.8) is 0 Å². The van der Waals surface area contributed by atoms with Crippen LogP contribution < -0.4 is 14.8 Å². The zero-order valence-electron chi connectivity index (χ0n) is 15.1. The van der Waals surface area contributed by atoms with E-state index in [-0.39, 0.29) is 16.7 Å². The standard InChI is InChI=1S/C20H19N3O4S/c1-2-21-19(24)18-12-7-13-22-20(18)27-16-9-6-8-15(14-16)23-28(25,26)17-10-4-3-5-11-17/h3-14,23H,2H2,1H3,(H,21,24). The van der Waals surface area contributed by atoms with Crippen molar-refractivity contribution >= 4 is 21.6 Å². The molecule has 0 unspecified atom stereocenters. The van der Waals surface area contributed by atoms with E-state index in [2.05, 4.69) is 15.0 Å².